The predicted molar refractivity (Wildman–Crippen MR) is 87.0 cm³/mol. The second kappa shape index (κ2) is 8.26. The first-order valence-electron chi connectivity index (χ1n) is 8.39. The molecule has 1 saturated carbocycles. The molecule has 1 aliphatic carbocycles. The summed E-state index contributed by atoms with van der Waals surface area (Å²) < 4.78 is 24.1. The Labute approximate surface area is 134 Å². The van der Waals surface area contributed by atoms with Crippen LogP contribution in [0.15, 0.2) is 0 Å². The number of likely N-dealkylation sites (tertiary alicyclic amines) is 1. The maximum atomic E-state index is 11.7. The average Bonchev–Trinajstić information content (AvgIpc) is 2.51. The topological polar surface area (TPSA) is 78.5 Å². The van der Waals surface area contributed by atoms with Crippen molar-refractivity contribution in [3.05, 3.63) is 0 Å². The van der Waals surface area contributed by atoms with E-state index in [1.165, 1.54) is 45.1 Å². The van der Waals surface area contributed by atoms with Gasteiger partial charge in [0.25, 0.3) is 0 Å². The van der Waals surface area contributed by atoms with Gasteiger partial charge < -0.3 is 10.2 Å². The third-order valence-electron chi connectivity index (χ3n) is 4.72. The van der Waals surface area contributed by atoms with Crippen LogP contribution in [0, 0.1) is 5.92 Å². The Morgan fingerprint density at radius 3 is 2.55 bits per heavy atom. The molecular weight excluding hydrogens is 302 g/mol. The summed E-state index contributed by atoms with van der Waals surface area (Å²) in [5.74, 6) is 0.234. The summed E-state index contributed by atoms with van der Waals surface area (Å²) in [6, 6.07) is 0.735. The molecule has 1 amide bonds. The van der Waals surface area contributed by atoms with E-state index in [4.69, 9.17) is 0 Å². The van der Waals surface area contributed by atoms with Gasteiger partial charge in [-0.15, -0.1) is 0 Å². The maximum Gasteiger partial charge on any atom is 0.235 e. The highest BCUT2D eigenvalue weighted by Gasteiger charge is 2.27. The van der Waals surface area contributed by atoms with Crippen LogP contribution in [-0.4, -0.2) is 57.7 Å². The van der Waals surface area contributed by atoms with Gasteiger partial charge in [0.2, 0.25) is 15.9 Å². The lowest BCUT2D eigenvalue weighted by molar-refractivity contribution is -0.120. The number of hydrogen-bond acceptors (Lipinski definition) is 4. The van der Waals surface area contributed by atoms with E-state index in [0.717, 1.165) is 25.3 Å². The van der Waals surface area contributed by atoms with Gasteiger partial charge >= 0.3 is 0 Å². The smallest absolute Gasteiger partial charge is 0.235 e. The largest absolute Gasteiger partial charge is 0.355 e. The molecule has 22 heavy (non-hydrogen) atoms. The Kier molecular flexibility index (Phi) is 6.65. The number of piperidine rings is 1. The summed E-state index contributed by atoms with van der Waals surface area (Å²) in [7, 11) is -3.30. The Morgan fingerprint density at radius 1 is 1.14 bits per heavy atom. The van der Waals surface area contributed by atoms with Crippen LogP contribution in [0.1, 0.15) is 44.9 Å². The zero-order chi connectivity index (χ0) is 16.0. The number of hydrogen-bond donors (Lipinski definition) is 2. The summed E-state index contributed by atoms with van der Waals surface area (Å²) in [5, 5.41) is 2.86. The molecule has 2 rings (SSSR count). The lowest BCUT2D eigenvalue weighted by Crippen LogP contribution is -2.47. The molecule has 0 spiro atoms. The van der Waals surface area contributed by atoms with Gasteiger partial charge in [0.05, 0.1) is 12.8 Å². The van der Waals surface area contributed by atoms with Crippen molar-refractivity contribution in [1.29, 1.82) is 0 Å². The highest BCUT2D eigenvalue weighted by molar-refractivity contribution is 7.88. The van der Waals surface area contributed by atoms with E-state index in [-0.39, 0.29) is 12.5 Å². The zero-order valence-corrected chi connectivity index (χ0v) is 14.3. The van der Waals surface area contributed by atoms with Crippen LogP contribution in [0.5, 0.6) is 0 Å². The molecule has 0 aromatic heterocycles. The molecule has 2 fully saturated rings. The fourth-order valence-corrected chi connectivity index (χ4v) is 3.95. The molecule has 128 valence electrons. The van der Waals surface area contributed by atoms with Crippen molar-refractivity contribution in [2.45, 2.75) is 51.0 Å². The van der Waals surface area contributed by atoms with Crippen molar-refractivity contribution in [2.24, 2.45) is 5.92 Å². The molecule has 0 aromatic carbocycles. The minimum Gasteiger partial charge on any atom is -0.355 e. The van der Waals surface area contributed by atoms with Crippen molar-refractivity contribution in [1.82, 2.24) is 14.9 Å². The van der Waals surface area contributed by atoms with E-state index in [1.54, 1.807) is 0 Å². The average molecular weight is 331 g/mol. The van der Waals surface area contributed by atoms with E-state index >= 15 is 0 Å². The van der Waals surface area contributed by atoms with Crippen LogP contribution in [-0.2, 0) is 14.8 Å². The standard InChI is InChI=1S/C15H29N3O3S/c1-22(20,21)17-11-15(19)16-10-13-6-5-9-18(12-13)14-7-3-2-4-8-14/h13-14,17H,2-12H2,1H3,(H,16,19). The summed E-state index contributed by atoms with van der Waals surface area (Å²) in [6.45, 7) is 2.72. The molecule has 2 aliphatic rings. The fraction of sp³-hybridized carbons (Fsp3) is 0.933. The Hall–Kier alpha value is -0.660. The number of carbonyl (C=O) groups is 1. The minimum atomic E-state index is -3.30. The van der Waals surface area contributed by atoms with Gasteiger partial charge in [-0.1, -0.05) is 19.3 Å². The van der Waals surface area contributed by atoms with Crippen molar-refractivity contribution in [2.75, 3.05) is 32.4 Å². The highest BCUT2D eigenvalue weighted by atomic mass is 32.2. The van der Waals surface area contributed by atoms with Gasteiger partial charge in [-0.3, -0.25) is 4.79 Å². The second-order valence-corrected chi connectivity index (χ2v) is 8.53. The maximum absolute atomic E-state index is 11.7. The number of carbonyl (C=O) groups excluding carboxylic acids is 1. The molecule has 0 bridgehead atoms. The number of amides is 1. The van der Waals surface area contributed by atoms with E-state index in [1.807, 2.05) is 0 Å². The Bertz CT molecular complexity index is 461. The van der Waals surface area contributed by atoms with Gasteiger partial charge in [-0.2, -0.15) is 0 Å². The molecule has 0 radical (unpaired) electrons. The molecule has 1 saturated heterocycles. The van der Waals surface area contributed by atoms with Gasteiger partial charge in [0.1, 0.15) is 0 Å². The first-order chi connectivity index (χ1) is 10.4. The van der Waals surface area contributed by atoms with Crippen LogP contribution in [0.25, 0.3) is 0 Å². The van der Waals surface area contributed by atoms with E-state index in [9.17, 15) is 13.2 Å². The van der Waals surface area contributed by atoms with Crippen molar-refractivity contribution < 1.29 is 13.2 Å². The number of nitrogens with one attached hydrogen (secondary N) is 2. The molecule has 6 nitrogen and oxygen atoms in total. The first-order valence-corrected chi connectivity index (χ1v) is 10.3. The summed E-state index contributed by atoms with van der Waals surface area (Å²) >= 11 is 0. The molecule has 1 aliphatic heterocycles. The van der Waals surface area contributed by atoms with E-state index < -0.39 is 10.0 Å². The molecule has 1 heterocycles. The number of nitrogens with zero attached hydrogens (tertiary/aromatic N) is 1. The van der Waals surface area contributed by atoms with Crippen LogP contribution in [0.3, 0.4) is 0 Å². The fourth-order valence-electron chi connectivity index (χ4n) is 3.56. The molecule has 7 heteroatoms. The van der Waals surface area contributed by atoms with Crippen molar-refractivity contribution in [3.8, 4) is 0 Å². The molecular formula is C15H29N3O3S. The van der Waals surface area contributed by atoms with E-state index in [0.29, 0.717) is 12.5 Å². The monoisotopic (exact) mass is 331 g/mol. The summed E-state index contributed by atoms with van der Waals surface area (Å²) in [4.78, 5) is 14.3. The third-order valence-corrected chi connectivity index (χ3v) is 5.39. The zero-order valence-electron chi connectivity index (χ0n) is 13.5. The summed E-state index contributed by atoms with van der Waals surface area (Å²) in [5.41, 5.74) is 0. The lowest BCUT2D eigenvalue weighted by Gasteiger charge is -2.40. The second-order valence-electron chi connectivity index (χ2n) is 6.69. The Morgan fingerprint density at radius 2 is 1.86 bits per heavy atom. The third kappa shape index (κ3) is 6.22. The van der Waals surface area contributed by atoms with Crippen LogP contribution < -0.4 is 10.0 Å². The van der Waals surface area contributed by atoms with Gasteiger partial charge in [0.15, 0.2) is 0 Å². The molecule has 0 aromatic rings. The number of sulfonamides is 1. The summed E-state index contributed by atoms with van der Waals surface area (Å²) in [6.07, 6.45) is 10.1. The van der Waals surface area contributed by atoms with E-state index in [2.05, 4.69) is 14.9 Å². The van der Waals surface area contributed by atoms with Gasteiger partial charge in [0, 0.05) is 19.1 Å². The SMILES string of the molecule is CS(=O)(=O)NCC(=O)NCC1CCCN(C2CCCCC2)C1. The van der Waals surface area contributed by atoms with Gasteiger partial charge in [-0.25, -0.2) is 13.1 Å². The molecule has 1 atom stereocenters. The van der Waals surface area contributed by atoms with Crippen LogP contribution in [0.2, 0.25) is 0 Å². The van der Waals surface area contributed by atoms with Crippen LogP contribution in [0.4, 0.5) is 0 Å². The molecule has 1 unspecified atom stereocenters. The predicted octanol–water partition coefficient (Wildman–Crippen LogP) is 0.696. The minimum absolute atomic E-state index is 0.169. The first kappa shape index (κ1) is 17.7. The Balaban J connectivity index is 1.70. The normalized spacial score (nSPS) is 25.0. The van der Waals surface area contributed by atoms with Crippen molar-refractivity contribution >= 4 is 15.9 Å². The quantitative estimate of drug-likeness (QED) is 0.751. The van der Waals surface area contributed by atoms with Gasteiger partial charge in [-0.05, 0) is 38.1 Å². The lowest BCUT2D eigenvalue weighted by atomic mass is 9.90. The highest BCUT2D eigenvalue weighted by Crippen LogP contribution is 2.26. The number of rotatable bonds is 6. The van der Waals surface area contributed by atoms with Crippen molar-refractivity contribution in [3.63, 3.8) is 0 Å². The van der Waals surface area contributed by atoms with Crippen LogP contribution >= 0.6 is 0 Å². The molecule has 2 N–H and O–H groups in total.